The van der Waals surface area contributed by atoms with Crippen LogP contribution in [0.2, 0.25) is 0 Å². The standard InChI is InChI=1S/C22H23F9INO2S/c1-3-18(10-4-5-11-32)14-33(36(34,35)17-8-6-15(2)7-9-17)13-16(18)12-19(23,24)20(25,26)21(27,28)22(29,30)31/h6-9,16H,3,5,11-14H2,1-2H3. The minimum atomic E-state index is -7.02. The molecular weight excluding hydrogens is 640 g/mol. The van der Waals surface area contributed by atoms with Crippen LogP contribution >= 0.6 is 22.6 Å². The van der Waals surface area contributed by atoms with Crippen LogP contribution in [0.25, 0.3) is 0 Å². The lowest BCUT2D eigenvalue weighted by atomic mass is 9.73. The van der Waals surface area contributed by atoms with Crippen molar-refractivity contribution in [2.45, 2.75) is 61.9 Å². The number of halogens is 10. The van der Waals surface area contributed by atoms with Gasteiger partial charge in [0.2, 0.25) is 10.0 Å². The third kappa shape index (κ3) is 5.62. The van der Waals surface area contributed by atoms with Gasteiger partial charge >= 0.3 is 23.9 Å². The lowest BCUT2D eigenvalue weighted by Gasteiger charge is -2.37. The van der Waals surface area contributed by atoms with Crippen molar-refractivity contribution in [1.29, 1.82) is 0 Å². The van der Waals surface area contributed by atoms with Crippen LogP contribution in [-0.2, 0) is 10.0 Å². The molecule has 1 aliphatic heterocycles. The Hall–Kier alpha value is -1.21. The van der Waals surface area contributed by atoms with Gasteiger partial charge in [0.25, 0.3) is 0 Å². The van der Waals surface area contributed by atoms with E-state index in [-0.39, 0.29) is 17.7 Å². The second-order valence-electron chi connectivity index (χ2n) is 8.61. The number of rotatable bonds is 8. The molecule has 3 nitrogen and oxygen atoms in total. The number of sulfonamides is 1. The van der Waals surface area contributed by atoms with Crippen molar-refractivity contribution in [1.82, 2.24) is 4.31 Å². The van der Waals surface area contributed by atoms with E-state index < -0.39 is 64.8 Å². The minimum Gasteiger partial charge on any atom is -0.207 e. The molecule has 1 aromatic rings. The van der Waals surface area contributed by atoms with Crippen LogP contribution in [0.15, 0.2) is 29.2 Å². The zero-order valence-corrected chi connectivity index (χ0v) is 22.1. The van der Waals surface area contributed by atoms with E-state index in [0.717, 1.165) is 4.31 Å². The average molecular weight is 663 g/mol. The molecule has 0 aromatic heterocycles. The van der Waals surface area contributed by atoms with Gasteiger partial charge in [-0.1, -0.05) is 53.1 Å². The molecule has 0 aliphatic carbocycles. The van der Waals surface area contributed by atoms with Crippen molar-refractivity contribution in [3.05, 3.63) is 29.8 Å². The zero-order chi connectivity index (χ0) is 27.8. The topological polar surface area (TPSA) is 37.4 Å². The molecule has 0 amide bonds. The third-order valence-electron chi connectivity index (χ3n) is 6.22. The van der Waals surface area contributed by atoms with E-state index in [1.807, 2.05) is 22.6 Å². The highest BCUT2D eigenvalue weighted by molar-refractivity contribution is 14.1. The molecule has 1 fully saturated rings. The monoisotopic (exact) mass is 663 g/mol. The van der Waals surface area contributed by atoms with Crippen LogP contribution in [-0.4, -0.2) is 54.2 Å². The predicted molar refractivity (Wildman–Crippen MR) is 123 cm³/mol. The molecule has 2 rings (SSSR count). The first-order chi connectivity index (χ1) is 16.3. The Balaban J connectivity index is 2.54. The normalized spacial score (nSPS) is 22.4. The number of nitrogens with zero attached hydrogens (tertiary/aromatic N) is 1. The van der Waals surface area contributed by atoms with Crippen molar-refractivity contribution < 1.29 is 47.9 Å². The van der Waals surface area contributed by atoms with Crippen LogP contribution in [0.1, 0.15) is 31.7 Å². The minimum absolute atomic E-state index is 0.136. The highest BCUT2D eigenvalue weighted by atomic mass is 127. The highest BCUT2D eigenvalue weighted by Gasteiger charge is 2.81. The van der Waals surface area contributed by atoms with Crippen LogP contribution in [0, 0.1) is 30.1 Å². The fourth-order valence-corrected chi connectivity index (χ4v) is 5.82. The molecule has 1 heterocycles. The summed E-state index contributed by atoms with van der Waals surface area (Å²) in [7, 11) is -4.34. The van der Waals surface area contributed by atoms with Gasteiger partial charge in [-0.25, -0.2) is 8.42 Å². The molecule has 14 heteroatoms. The summed E-state index contributed by atoms with van der Waals surface area (Å²) in [5.41, 5.74) is -0.954. The van der Waals surface area contributed by atoms with Crippen LogP contribution in [0.4, 0.5) is 39.5 Å². The van der Waals surface area contributed by atoms with Gasteiger partial charge in [0.15, 0.2) is 0 Å². The molecule has 2 atom stereocenters. The van der Waals surface area contributed by atoms with Crippen molar-refractivity contribution in [3.63, 3.8) is 0 Å². The number of benzene rings is 1. The maximum atomic E-state index is 14.6. The Bertz CT molecular complexity index is 1100. The zero-order valence-electron chi connectivity index (χ0n) is 19.1. The average Bonchev–Trinajstić information content (AvgIpc) is 3.12. The molecule has 1 aromatic carbocycles. The Morgan fingerprint density at radius 1 is 1.03 bits per heavy atom. The first-order valence-corrected chi connectivity index (χ1v) is 13.6. The van der Waals surface area contributed by atoms with E-state index in [1.54, 1.807) is 6.92 Å². The van der Waals surface area contributed by atoms with E-state index >= 15 is 0 Å². The Labute approximate surface area is 217 Å². The lowest BCUT2D eigenvalue weighted by Crippen LogP contribution is -2.61. The molecule has 36 heavy (non-hydrogen) atoms. The van der Waals surface area contributed by atoms with Crippen molar-refractivity contribution in [3.8, 4) is 11.8 Å². The molecule has 0 spiro atoms. The van der Waals surface area contributed by atoms with E-state index in [2.05, 4.69) is 11.8 Å². The summed E-state index contributed by atoms with van der Waals surface area (Å²) in [6, 6.07) is 5.45. The van der Waals surface area contributed by atoms with Gasteiger partial charge in [0.05, 0.1) is 4.90 Å². The largest absolute Gasteiger partial charge is 0.460 e. The number of alkyl halides is 10. The summed E-state index contributed by atoms with van der Waals surface area (Å²) < 4.78 is 149. The van der Waals surface area contributed by atoms with Gasteiger partial charge in [-0.3, -0.25) is 0 Å². The van der Waals surface area contributed by atoms with Crippen LogP contribution in [0.3, 0.4) is 0 Å². The second kappa shape index (κ2) is 10.5. The number of hydrogen-bond donors (Lipinski definition) is 0. The fourth-order valence-electron chi connectivity index (χ4n) is 3.99. The number of aryl methyl sites for hydroxylation is 1. The molecule has 1 aliphatic rings. The van der Waals surface area contributed by atoms with Gasteiger partial charge in [-0.15, -0.1) is 5.92 Å². The molecule has 0 bridgehead atoms. The first kappa shape index (κ1) is 31.0. The van der Waals surface area contributed by atoms with Crippen molar-refractivity contribution in [2.75, 3.05) is 17.5 Å². The van der Waals surface area contributed by atoms with Gasteiger partial charge in [0.1, 0.15) is 0 Å². The predicted octanol–water partition coefficient (Wildman–Crippen LogP) is 6.70. The summed E-state index contributed by atoms with van der Waals surface area (Å²) in [5.74, 6) is -16.1. The highest BCUT2D eigenvalue weighted by Crippen LogP contribution is 2.56. The van der Waals surface area contributed by atoms with E-state index in [9.17, 15) is 47.9 Å². The van der Waals surface area contributed by atoms with Gasteiger partial charge < -0.3 is 0 Å². The summed E-state index contributed by atoms with van der Waals surface area (Å²) in [6.07, 6.45) is -8.96. The smallest absolute Gasteiger partial charge is 0.207 e. The van der Waals surface area contributed by atoms with Gasteiger partial charge in [-0.05, 0) is 31.4 Å². The maximum Gasteiger partial charge on any atom is 0.460 e. The van der Waals surface area contributed by atoms with Crippen LogP contribution in [0.5, 0.6) is 0 Å². The fraction of sp³-hybridized carbons (Fsp3) is 0.636. The van der Waals surface area contributed by atoms with Crippen molar-refractivity contribution >= 4 is 32.6 Å². The van der Waals surface area contributed by atoms with E-state index in [1.165, 1.54) is 31.2 Å². The van der Waals surface area contributed by atoms with Gasteiger partial charge in [0, 0.05) is 35.8 Å². The Morgan fingerprint density at radius 2 is 1.58 bits per heavy atom. The SMILES string of the molecule is CCC1(C#CCCI)CN(S(=O)(=O)c2ccc(C)cc2)CC1CC(F)(F)C(F)(F)C(F)(F)C(F)(F)F. The maximum absolute atomic E-state index is 14.6. The summed E-state index contributed by atoms with van der Waals surface area (Å²) in [6.45, 7) is 1.78. The molecular formula is C22H23F9INO2S. The number of hydrogen-bond acceptors (Lipinski definition) is 2. The third-order valence-corrected chi connectivity index (χ3v) is 8.59. The molecule has 1 saturated heterocycles. The Morgan fingerprint density at radius 3 is 2.06 bits per heavy atom. The summed E-state index contributed by atoms with van der Waals surface area (Å²) in [4.78, 5) is -0.223. The molecule has 204 valence electrons. The Kier molecular flexibility index (Phi) is 9.05. The van der Waals surface area contributed by atoms with Crippen molar-refractivity contribution in [2.24, 2.45) is 11.3 Å². The molecule has 0 saturated carbocycles. The lowest BCUT2D eigenvalue weighted by molar-refractivity contribution is -0.398. The molecule has 0 N–H and O–H groups in total. The quantitative estimate of drug-likeness (QED) is 0.135. The summed E-state index contributed by atoms with van der Waals surface area (Å²) in [5, 5.41) is 0. The first-order valence-electron chi connectivity index (χ1n) is 10.6. The second-order valence-corrected chi connectivity index (χ2v) is 11.6. The van der Waals surface area contributed by atoms with Gasteiger partial charge in [-0.2, -0.15) is 43.8 Å². The van der Waals surface area contributed by atoms with E-state index in [0.29, 0.717) is 9.99 Å². The van der Waals surface area contributed by atoms with E-state index in [4.69, 9.17) is 0 Å². The molecule has 0 radical (unpaired) electrons. The molecule has 2 unspecified atom stereocenters. The van der Waals surface area contributed by atoms with Crippen LogP contribution < -0.4 is 0 Å². The summed E-state index contributed by atoms with van der Waals surface area (Å²) >= 11 is 1.95.